The van der Waals surface area contributed by atoms with Crippen LogP contribution < -0.4 is 0 Å². The molecule has 3 heteroatoms. The predicted octanol–water partition coefficient (Wildman–Crippen LogP) is 2.45. The Morgan fingerprint density at radius 3 is 2.75 bits per heavy atom. The second kappa shape index (κ2) is 4.57. The highest BCUT2D eigenvalue weighted by Crippen LogP contribution is 2.18. The normalized spacial score (nSPS) is 30.8. The molecule has 1 heterocycles. The molecule has 0 aromatic heterocycles. The summed E-state index contributed by atoms with van der Waals surface area (Å²) < 4.78 is 0. The van der Waals surface area contributed by atoms with Crippen LogP contribution in [0.4, 0.5) is 0 Å². The molecule has 2 aliphatic rings. The fourth-order valence-corrected chi connectivity index (χ4v) is 1.47. The first kappa shape index (κ1) is 10.4. The van der Waals surface area contributed by atoms with Crippen LogP contribution in [0.1, 0.15) is 6.92 Å². The van der Waals surface area contributed by atoms with Crippen molar-refractivity contribution in [2.45, 2.75) is 6.92 Å². The molecule has 0 spiro atoms. The summed E-state index contributed by atoms with van der Waals surface area (Å²) in [5.41, 5.74) is 1.96. The molecule has 80 valence electrons. The lowest BCUT2D eigenvalue weighted by Gasteiger charge is -1.99. The monoisotopic (exact) mass is 213 g/mol. The summed E-state index contributed by atoms with van der Waals surface area (Å²) in [6, 6.07) is 0. The van der Waals surface area contributed by atoms with Crippen LogP contribution in [0.2, 0.25) is 0 Å². The lowest BCUT2D eigenvalue weighted by Crippen LogP contribution is -2.06. The average Bonchev–Trinajstić information content (AvgIpc) is 2.59. The van der Waals surface area contributed by atoms with Gasteiger partial charge in [0, 0.05) is 5.57 Å². The maximum atomic E-state index is 11.3. The molecule has 0 radical (unpaired) electrons. The van der Waals surface area contributed by atoms with Gasteiger partial charge >= 0.3 is 5.97 Å². The zero-order chi connectivity index (χ0) is 11.4. The first-order valence-electron chi connectivity index (χ1n) is 5.01. The number of hydrogen-bond donors (Lipinski definition) is 0. The Bertz CT molecular complexity index is 488. The SMILES string of the molecule is C/C=C1\C(=O)ON=C1C1=C/C=C\C=C/C=C\1. The van der Waals surface area contributed by atoms with Crippen molar-refractivity contribution >= 4 is 11.7 Å². The highest BCUT2D eigenvalue weighted by atomic mass is 16.7. The molecule has 0 aromatic rings. The van der Waals surface area contributed by atoms with Gasteiger partial charge in [-0.25, -0.2) is 4.79 Å². The number of oxime groups is 1. The van der Waals surface area contributed by atoms with Crippen molar-refractivity contribution in [3.8, 4) is 0 Å². The van der Waals surface area contributed by atoms with Gasteiger partial charge in [-0.1, -0.05) is 53.8 Å². The zero-order valence-corrected chi connectivity index (χ0v) is 8.88. The molecule has 1 aliphatic heterocycles. The third-order valence-corrected chi connectivity index (χ3v) is 2.25. The molecule has 16 heavy (non-hydrogen) atoms. The Labute approximate surface area is 93.8 Å². The summed E-state index contributed by atoms with van der Waals surface area (Å²) in [5, 5.41) is 3.79. The van der Waals surface area contributed by atoms with E-state index in [2.05, 4.69) is 9.99 Å². The van der Waals surface area contributed by atoms with Gasteiger partial charge in [-0.3, -0.25) is 0 Å². The molecule has 3 nitrogen and oxygen atoms in total. The van der Waals surface area contributed by atoms with Crippen molar-refractivity contribution in [1.29, 1.82) is 0 Å². The third kappa shape index (κ3) is 1.93. The molecule has 0 saturated carbocycles. The molecular weight excluding hydrogens is 202 g/mol. The number of nitrogens with zero attached hydrogens (tertiary/aromatic N) is 1. The standard InChI is InChI=1S/C13H11NO2/c1-2-11-12(14-16-13(11)15)10-8-6-4-3-5-7-9-10/h2-9H,1H3/b4-3-,5-3?,6-4?,7-5-,8-6-,9-7?,10-8?,10-9+,11-2-. The van der Waals surface area contributed by atoms with Gasteiger partial charge in [-0.15, -0.1) is 0 Å². The summed E-state index contributed by atoms with van der Waals surface area (Å²) >= 11 is 0. The molecular formula is C13H11NO2. The summed E-state index contributed by atoms with van der Waals surface area (Å²) in [6.45, 7) is 1.79. The van der Waals surface area contributed by atoms with Gasteiger partial charge in [0.1, 0.15) is 5.71 Å². The van der Waals surface area contributed by atoms with Gasteiger partial charge in [0.05, 0.1) is 5.57 Å². The molecule has 0 bridgehead atoms. The second-order valence-electron chi connectivity index (χ2n) is 3.27. The van der Waals surface area contributed by atoms with E-state index >= 15 is 0 Å². The van der Waals surface area contributed by atoms with Gasteiger partial charge in [0.25, 0.3) is 0 Å². The summed E-state index contributed by atoms with van der Waals surface area (Å²) in [6.07, 6.45) is 15.0. The fraction of sp³-hybridized carbons (Fsp3) is 0.0769. The second-order valence-corrected chi connectivity index (χ2v) is 3.27. The molecule has 0 fully saturated rings. The molecule has 0 unspecified atom stereocenters. The highest BCUT2D eigenvalue weighted by molar-refractivity contribution is 6.29. The maximum Gasteiger partial charge on any atom is 0.367 e. The van der Waals surface area contributed by atoms with Crippen LogP contribution in [0, 0.1) is 0 Å². The zero-order valence-electron chi connectivity index (χ0n) is 8.88. The lowest BCUT2D eigenvalue weighted by molar-refractivity contribution is -0.136. The number of allylic oxidation sites excluding steroid dienone is 9. The van der Waals surface area contributed by atoms with E-state index in [-0.39, 0.29) is 0 Å². The Morgan fingerprint density at radius 2 is 1.94 bits per heavy atom. The van der Waals surface area contributed by atoms with Crippen molar-refractivity contribution in [1.82, 2.24) is 0 Å². The molecule has 0 N–H and O–H groups in total. The van der Waals surface area contributed by atoms with Gasteiger partial charge in [-0.2, -0.15) is 0 Å². The Kier molecular flexibility index (Phi) is 2.96. The van der Waals surface area contributed by atoms with E-state index in [0.29, 0.717) is 11.3 Å². The number of carbonyl (C=O) groups excluding carboxylic acids is 1. The quantitative estimate of drug-likeness (QED) is 0.495. The Balaban J connectivity index is 2.36. The van der Waals surface area contributed by atoms with Gasteiger partial charge in [0.15, 0.2) is 0 Å². The Morgan fingerprint density at radius 1 is 1.19 bits per heavy atom. The van der Waals surface area contributed by atoms with Crippen LogP contribution >= 0.6 is 0 Å². The number of carbonyl (C=O) groups is 1. The Hall–Kier alpha value is -2.16. The molecule has 0 amide bonds. The topological polar surface area (TPSA) is 38.7 Å². The average molecular weight is 213 g/mol. The van der Waals surface area contributed by atoms with Crippen molar-refractivity contribution in [3.63, 3.8) is 0 Å². The van der Waals surface area contributed by atoms with Crippen molar-refractivity contribution in [3.05, 3.63) is 59.8 Å². The van der Waals surface area contributed by atoms with Crippen LogP contribution in [-0.2, 0) is 9.63 Å². The van der Waals surface area contributed by atoms with Crippen molar-refractivity contribution in [2.24, 2.45) is 5.16 Å². The number of hydrogen-bond acceptors (Lipinski definition) is 3. The van der Waals surface area contributed by atoms with Gasteiger partial charge in [-0.05, 0) is 6.92 Å². The van der Waals surface area contributed by atoms with E-state index in [1.807, 2.05) is 42.5 Å². The predicted molar refractivity (Wildman–Crippen MR) is 62.8 cm³/mol. The van der Waals surface area contributed by atoms with Crippen LogP contribution in [0.3, 0.4) is 0 Å². The van der Waals surface area contributed by atoms with E-state index < -0.39 is 5.97 Å². The largest absolute Gasteiger partial charge is 0.367 e. The van der Waals surface area contributed by atoms with E-state index in [0.717, 1.165) is 5.57 Å². The van der Waals surface area contributed by atoms with E-state index in [1.54, 1.807) is 13.0 Å². The smallest absolute Gasteiger partial charge is 0.312 e. The highest BCUT2D eigenvalue weighted by Gasteiger charge is 2.26. The molecule has 0 saturated heterocycles. The van der Waals surface area contributed by atoms with Crippen molar-refractivity contribution in [2.75, 3.05) is 0 Å². The molecule has 2 rings (SSSR count). The first-order valence-corrected chi connectivity index (χ1v) is 5.01. The number of rotatable bonds is 1. The minimum absolute atomic E-state index is 0.395. The molecule has 0 aromatic carbocycles. The minimum Gasteiger partial charge on any atom is -0.312 e. The third-order valence-electron chi connectivity index (χ3n) is 2.25. The van der Waals surface area contributed by atoms with Crippen LogP contribution in [0.15, 0.2) is 64.9 Å². The molecule has 0 atom stereocenters. The summed E-state index contributed by atoms with van der Waals surface area (Å²) in [5.74, 6) is -0.395. The van der Waals surface area contributed by atoms with E-state index in [9.17, 15) is 4.79 Å². The van der Waals surface area contributed by atoms with Crippen LogP contribution in [0.5, 0.6) is 0 Å². The summed E-state index contributed by atoms with van der Waals surface area (Å²) in [7, 11) is 0. The fourth-order valence-electron chi connectivity index (χ4n) is 1.47. The van der Waals surface area contributed by atoms with Crippen LogP contribution in [-0.4, -0.2) is 11.7 Å². The maximum absolute atomic E-state index is 11.3. The van der Waals surface area contributed by atoms with Crippen molar-refractivity contribution < 1.29 is 9.63 Å². The first-order chi connectivity index (χ1) is 7.83. The van der Waals surface area contributed by atoms with E-state index in [4.69, 9.17) is 0 Å². The molecule has 1 aliphatic carbocycles. The van der Waals surface area contributed by atoms with E-state index in [1.165, 1.54) is 0 Å². The summed E-state index contributed by atoms with van der Waals surface area (Å²) in [4.78, 5) is 16.0. The van der Waals surface area contributed by atoms with Crippen LogP contribution in [0.25, 0.3) is 0 Å². The van der Waals surface area contributed by atoms with Gasteiger partial charge < -0.3 is 4.84 Å². The minimum atomic E-state index is -0.395. The lowest BCUT2D eigenvalue weighted by atomic mass is 10.0. The van der Waals surface area contributed by atoms with Gasteiger partial charge in [0.2, 0.25) is 0 Å².